The Morgan fingerprint density at radius 3 is 2.18 bits per heavy atom. The molecule has 6 nitrogen and oxygen atoms in total. The first kappa shape index (κ1) is 20.8. The van der Waals surface area contributed by atoms with Crippen molar-refractivity contribution in [2.45, 2.75) is 65.0 Å². The minimum absolute atomic E-state index is 0.0133. The molecule has 1 saturated carbocycles. The summed E-state index contributed by atoms with van der Waals surface area (Å²) in [6, 6.07) is 3.58. The van der Waals surface area contributed by atoms with Crippen LogP contribution in [0.4, 0.5) is 0 Å². The van der Waals surface area contributed by atoms with Crippen LogP contribution < -0.4 is 0 Å². The maximum Gasteiger partial charge on any atom is 0.339 e. The van der Waals surface area contributed by atoms with Crippen LogP contribution >= 0.6 is 0 Å². The van der Waals surface area contributed by atoms with E-state index in [9.17, 15) is 18.0 Å². The minimum atomic E-state index is -3.09. The Morgan fingerprint density at radius 2 is 1.64 bits per heavy atom. The number of ether oxygens (including phenoxy) is 1. The molecule has 1 aromatic rings. The van der Waals surface area contributed by atoms with Crippen LogP contribution in [0.25, 0.3) is 0 Å². The first-order valence-corrected chi connectivity index (χ1v) is 11.8. The van der Waals surface area contributed by atoms with E-state index in [0.717, 1.165) is 42.4 Å². The Morgan fingerprint density at radius 1 is 1.04 bits per heavy atom. The first-order valence-electron chi connectivity index (χ1n) is 9.94. The second-order valence-electron chi connectivity index (χ2n) is 8.15. The minimum Gasteiger partial charge on any atom is -0.452 e. The highest BCUT2D eigenvalue weighted by Gasteiger charge is 2.39. The molecule has 2 aliphatic rings. The Hall–Kier alpha value is -1.89. The predicted octanol–water partition coefficient (Wildman–Crippen LogP) is 2.73. The lowest BCUT2D eigenvalue weighted by Gasteiger charge is -2.33. The summed E-state index contributed by atoms with van der Waals surface area (Å²) in [6.45, 7) is 5.33. The molecule has 0 radical (unpaired) electrons. The second-order valence-corrected chi connectivity index (χ2v) is 10.4. The average Bonchev–Trinajstić information content (AvgIpc) is 3.22. The Bertz CT molecular complexity index is 848. The van der Waals surface area contributed by atoms with Gasteiger partial charge in [-0.25, -0.2) is 13.2 Å². The number of hydrogen-bond donors (Lipinski definition) is 0. The number of aryl methyl sites for hydroxylation is 3. The third-order valence-electron chi connectivity index (χ3n) is 5.82. The number of carbonyl (C=O) groups is 2. The van der Waals surface area contributed by atoms with E-state index in [1.165, 1.54) is 0 Å². The number of hydrogen-bond acceptors (Lipinski definition) is 5. The number of benzene rings is 1. The molecule has 1 aliphatic carbocycles. The number of carbonyl (C=O) groups excluding carboxylic acids is 2. The molecule has 1 aliphatic heterocycles. The van der Waals surface area contributed by atoms with Crippen LogP contribution in [0.5, 0.6) is 0 Å². The van der Waals surface area contributed by atoms with Crippen LogP contribution in [-0.2, 0) is 19.4 Å². The van der Waals surface area contributed by atoms with Crippen molar-refractivity contribution in [1.29, 1.82) is 0 Å². The average molecular weight is 408 g/mol. The molecule has 0 bridgehead atoms. The van der Waals surface area contributed by atoms with Crippen molar-refractivity contribution in [3.8, 4) is 0 Å². The van der Waals surface area contributed by atoms with E-state index in [4.69, 9.17) is 4.74 Å². The number of esters is 1. The van der Waals surface area contributed by atoms with Gasteiger partial charge in [0.25, 0.3) is 5.91 Å². The molecule has 1 saturated heterocycles. The predicted molar refractivity (Wildman–Crippen MR) is 107 cm³/mol. The van der Waals surface area contributed by atoms with Crippen LogP contribution in [0.1, 0.15) is 59.2 Å². The van der Waals surface area contributed by atoms with Gasteiger partial charge in [-0.15, -0.1) is 0 Å². The van der Waals surface area contributed by atoms with Gasteiger partial charge in [-0.05, 0) is 51.2 Å². The van der Waals surface area contributed by atoms with E-state index in [1.807, 2.05) is 32.9 Å². The summed E-state index contributed by atoms with van der Waals surface area (Å²) in [5.41, 5.74) is 3.21. The van der Waals surface area contributed by atoms with E-state index in [2.05, 4.69) is 0 Å². The number of sulfone groups is 1. The molecule has 0 unspecified atom stereocenters. The Balaban J connectivity index is 1.71. The van der Waals surface area contributed by atoms with Crippen molar-refractivity contribution in [2.75, 3.05) is 18.1 Å². The van der Waals surface area contributed by atoms with Gasteiger partial charge in [0.15, 0.2) is 16.4 Å². The van der Waals surface area contributed by atoms with Crippen molar-refractivity contribution >= 4 is 21.7 Å². The summed E-state index contributed by atoms with van der Waals surface area (Å²) in [4.78, 5) is 27.2. The van der Waals surface area contributed by atoms with Crippen LogP contribution in [0.2, 0.25) is 0 Å². The van der Waals surface area contributed by atoms with Crippen molar-refractivity contribution in [1.82, 2.24) is 4.90 Å². The summed E-state index contributed by atoms with van der Waals surface area (Å²) in [7, 11) is -3.09. The first-order chi connectivity index (χ1) is 13.2. The molecule has 28 heavy (non-hydrogen) atoms. The topological polar surface area (TPSA) is 80.8 Å². The third kappa shape index (κ3) is 4.57. The van der Waals surface area contributed by atoms with Crippen LogP contribution in [0, 0.1) is 20.8 Å². The fourth-order valence-electron chi connectivity index (χ4n) is 4.66. The quantitative estimate of drug-likeness (QED) is 0.701. The highest BCUT2D eigenvalue weighted by Crippen LogP contribution is 2.29. The molecule has 1 heterocycles. The third-order valence-corrected chi connectivity index (χ3v) is 7.57. The second kappa shape index (κ2) is 8.23. The monoisotopic (exact) mass is 407 g/mol. The Kier molecular flexibility index (Phi) is 6.12. The molecule has 7 heteroatoms. The summed E-state index contributed by atoms with van der Waals surface area (Å²) in [5.74, 6) is -0.659. The summed E-state index contributed by atoms with van der Waals surface area (Å²) >= 11 is 0. The SMILES string of the molecule is Cc1cc(C)c(C(=O)OCC(=O)N(C2CCCC2)[C@H]2CCS(=O)(=O)C2)c(C)c1. The van der Waals surface area contributed by atoms with Gasteiger partial charge in [0.1, 0.15) is 0 Å². The maximum absolute atomic E-state index is 12.9. The van der Waals surface area contributed by atoms with Gasteiger partial charge in [-0.3, -0.25) is 4.79 Å². The molecule has 154 valence electrons. The van der Waals surface area contributed by atoms with Gasteiger partial charge >= 0.3 is 5.97 Å². The number of rotatable bonds is 5. The molecule has 1 aromatic carbocycles. The van der Waals surface area contributed by atoms with E-state index >= 15 is 0 Å². The summed E-state index contributed by atoms with van der Waals surface area (Å²) in [6.07, 6.45) is 4.30. The zero-order valence-corrected chi connectivity index (χ0v) is 17.7. The normalized spacial score (nSPS) is 21.6. The molecule has 1 atom stereocenters. The summed E-state index contributed by atoms with van der Waals surface area (Å²) in [5, 5.41) is 0. The maximum atomic E-state index is 12.9. The fourth-order valence-corrected chi connectivity index (χ4v) is 6.37. The smallest absolute Gasteiger partial charge is 0.339 e. The van der Waals surface area contributed by atoms with Gasteiger partial charge in [0.2, 0.25) is 0 Å². The molecule has 0 N–H and O–H groups in total. The van der Waals surface area contributed by atoms with Crippen LogP contribution in [0.15, 0.2) is 12.1 Å². The van der Waals surface area contributed by atoms with Gasteiger partial charge in [0, 0.05) is 12.1 Å². The molecule has 0 spiro atoms. The molecule has 0 aromatic heterocycles. The van der Waals surface area contributed by atoms with Crippen molar-refractivity contribution < 1.29 is 22.7 Å². The number of amides is 1. The molecule has 2 fully saturated rings. The highest BCUT2D eigenvalue weighted by molar-refractivity contribution is 7.91. The van der Waals surface area contributed by atoms with Gasteiger partial charge in [-0.2, -0.15) is 0 Å². The van der Waals surface area contributed by atoms with E-state index in [0.29, 0.717) is 12.0 Å². The number of nitrogens with zero attached hydrogens (tertiary/aromatic N) is 1. The van der Waals surface area contributed by atoms with Crippen molar-refractivity contribution in [3.05, 3.63) is 34.4 Å². The van der Waals surface area contributed by atoms with Gasteiger partial charge in [-0.1, -0.05) is 30.5 Å². The van der Waals surface area contributed by atoms with E-state index < -0.39 is 15.8 Å². The zero-order valence-electron chi connectivity index (χ0n) is 16.9. The van der Waals surface area contributed by atoms with Crippen LogP contribution in [-0.4, -0.2) is 55.4 Å². The van der Waals surface area contributed by atoms with Crippen molar-refractivity contribution in [3.63, 3.8) is 0 Å². The molecular weight excluding hydrogens is 378 g/mol. The molecular formula is C21H29NO5S. The van der Waals surface area contributed by atoms with E-state index in [1.54, 1.807) is 4.90 Å². The lowest BCUT2D eigenvalue weighted by Crippen LogP contribution is -2.48. The van der Waals surface area contributed by atoms with Gasteiger partial charge in [0.05, 0.1) is 17.1 Å². The molecule has 3 rings (SSSR count). The summed E-state index contributed by atoms with van der Waals surface area (Å²) < 4.78 is 29.2. The van der Waals surface area contributed by atoms with E-state index in [-0.39, 0.29) is 36.1 Å². The van der Waals surface area contributed by atoms with Gasteiger partial charge < -0.3 is 9.64 Å². The molecule has 1 amide bonds. The standard InChI is InChI=1S/C21H29NO5S/c1-14-10-15(2)20(16(3)11-14)21(24)27-12-19(23)22(17-6-4-5-7-17)18-8-9-28(25,26)13-18/h10-11,17-18H,4-9,12-13H2,1-3H3/t18-/m0/s1. The largest absolute Gasteiger partial charge is 0.452 e. The fraction of sp³-hybridized carbons (Fsp3) is 0.619. The highest BCUT2D eigenvalue weighted by atomic mass is 32.2. The Labute approximate surface area is 167 Å². The van der Waals surface area contributed by atoms with Crippen LogP contribution in [0.3, 0.4) is 0 Å². The van der Waals surface area contributed by atoms with Crippen molar-refractivity contribution in [2.24, 2.45) is 0 Å². The lowest BCUT2D eigenvalue weighted by molar-refractivity contribution is -0.139. The lowest BCUT2D eigenvalue weighted by atomic mass is 10.00. The zero-order chi connectivity index (χ0) is 20.5.